The Labute approximate surface area is 100 Å². The minimum absolute atomic E-state index is 0.409. The van der Waals surface area contributed by atoms with Crippen LogP contribution < -0.4 is 10.5 Å². The summed E-state index contributed by atoms with van der Waals surface area (Å²) in [5.41, 5.74) is 8.19. The molecular formula is C13H15N3O. The lowest BCUT2D eigenvalue weighted by Crippen LogP contribution is -2.01. The number of benzene rings is 1. The Morgan fingerprint density at radius 3 is 2.82 bits per heavy atom. The van der Waals surface area contributed by atoms with Crippen molar-refractivity contribution in [2.45, 2.75) is 13.5 Å². The van der Waals surface area contributed by atoms with Gasteiger partial charge in [-0.3, -0.25) is 0 Å². The largest absolute Gasteiger partial charge is 0.493 e. The van der Waals surface area contributed by atoms with Crippen molar-refractivity contribution < 1.29 is 4.74 Å². The van der Waals surface area contributed by atoms with Crippen molar-refractivity contribution >= 4 is 0 Å². The standard InChI is InChI=1S/C13H15N3O/c1-2-17-13-6-4-3-5-11(13)12-7-10(8-14)15-9-16-12/h3-7,9H,2,8,14H2,1H3. The number of nitrogens with zero attached hydrogens (tertiary/aromatic N) is 2. The fraction of sp³-hybridized carbons (Fsp3) is 0.231. The molecule has 0 radical (unpaired) electrons. The highest BCUT2D eigenvalue weighted by molar-refractivity contribution is 5.67. The molecule has 0 fully saturated rings. The topological polar surface area (TPSA) is 61.0 Å². The van der Waals surface area contributed by atoms with Gasteiger partial charge in [0.15, 0.2) is 0 Å². The van der Waals surface area contributed by atoms with Crippen LogP contribution in [0.25, 0.3) is 11.3 Å². The van der Waals surface area contributed by atoms with Crippen LogP contribution in [-0.2, 0) is 6.54 Å². The Hall–Kier alpha value is -1.94. The van der Waals surface area contributed by atoms with Gasteiger partial charge in [0.2, 0.25) is 0 Å². The predicted octanol–water partition coefficient (Wildman–Crippen LogP) is 2.00. The Kier molecular flexibility index (Phi) is 3.67. The van der Waals surface area contributed by atoms with Crippen LogP contribution in [0.4, 0.5) is 0 Å². The van der Waals surface area contributed by atoms with Gasteiger partial charge in [-0.05, 0) is 25.1 Å². The molecule has 2 N–H and O–H groups in total. The molecule has 0 aliphatic rings. The molecular weight excluding hydrogens is 214 g/mol. The van der Waals surface area contributed by atoms with Crippen LogP contribution in [0.3, 0.4) is 0 Å². The van der Waals surface area contributed by atoms with Gasteiger partial charge in [-0.25, -0.2) is 9.97 Å². The molecule has 0 amide bonds. The third kappa shape index (κ3) is 2.60. The van der Waals surface area contributed by atoms with Gasteiger partial charge in [-0.1, -0.05) is 12.1 Å². The average Bonchev–Trinajstić information content (AvgIpc) is 2.40. The zero-order chi connectivity index (χ0) is 12.1. The van der Waals surface area contributed by atoms with E-state index in [0.717, 1.165) is 22.7 Å². The van der Waals surface area contributed by atoms with Crippen LogP contribution in [0.5, 0.6) is 5.75 Å². The average molecular weight is 229 g/mol. The molecule has 0 spiro atoms. The summed E-state index contributed by atoms with van der Waals surface area (Å²) in [6.45, 7) is 3.00. The molecule has 0 unspecified atom stereocenters. The van der Waals surface area contributed by atoms with Crippen molar-refractivity contribution in [3.8, 4) is 17.0 Å². The van der Waals surface area contributed by atoms with E-state index in [0.29, 0.717) is 13.2 Å². The van der Waals surface area contributed by atoms with E-state index in [-0.39, 0.29) is 0 Å². The molecule has 1 heterocycles. The molecule has 0 atom stereocenters. The monoisotopic (exact) mass is 229 g/mol. The maximum Gasteiger partial charge on any atom is 0.128 e. The first-order valence-corrected chi connectivity index (χ1v) is 5.58. The number of hydrogen-bond donors (Lipinski definition) is 1. The molecule has 2 rings (SSSR count). The molecule has 4 heteroatoms. The normalized spacial score (nSPS) is 10.2. The maximum atomic E-state index is 5.57. The zero-order valence-corrected chi connectivity index (χ0v) is 9.76. The Balaban J connectivity index is 2.44. The van der Waals surface area contributed by atoms with E-state index in [1.54, 1.807) is 0 Å². The van der Waals surface area contributed by atoms with E-state index in [1.807, 2.05) is 37.3 Å². The fourth-order valence-corrected chi connectivity index (χ4v) is 1.62. The highest BCUT2D eigenvalue weighted by Crippen LogP contribution is 2.28. The first kappa shape index (κ1) is 11.5. The van der Waals surface area contributed by atoms with Gasteiger partial charge < -0.3 is 10.5 Å². The van der Waals surface area contributed by atoms with Gasteiger partial charge >= 0.3 is 0 Å². The minimum Gasteiger partial charge on any atom is -0.493 e. The van der Waals surface area contributed by atoms with Gasteiger partial charge in [-0.15, -0.1) is 0 Å². The van der Waals surface area contributed by atoms with Crippen molar-refractivity contribution in [2.24, 2.45) is 5.73 Å². The van der Waals surface area contributed by atoms with Gasteiger partial charge in [-0.2, -0.15) is 0 Å². The lowest BCUT2D eigenvalue weighted by Gasteiger charge is -2.09. The van der Waals surface area contributed by atoms with E-state index in [4.69, 9.17) is 10.5 Å². The molecule has 17 heavy (non-hydrogen) atoms. The van der Waals surface area contributed by atoms with E-state index >= 15 is 0 Å². The molecule has 1 aromatic carbocycles. The first-order valence-electron chi connectivity index (χ1n) is 5.58. The van der Waals surface area contributed by atoms with E-state index in [1.165, 1.54) is 6.33 Å². The summed E-state index contributed by atoms with van der Waals surface area (Å²) in [5, 5.41) is 0. The summed E-state index contributed by atoms with van der Waals surface area (Å²) in [7, 11) is 0. The number of para-hydroxylation sites is 1. The lowest BCUT2D eigenvalue weighted by molar-refractivity contribution is 0.341. The number of ether oxygens (including phenoxy) is 1. The van der Waals surface area contributed by atoms with Gasteiger partial charge in [0.25, 0.3) is 0 Å². The number of aromatic nitrogens is 2. The van der Waals surface area contributed by atoms with Crippen LogP contribution in [-0.4, -0.2) is 16.6 Å². The Bertz CT molecular complexity index is 500. The summed E-state index contributed by atoms with van der Waals surface area (Å²) < 4.78 is 5.57. The molecule has 0 bridgehead atoms. The summed E-state index contributed by atoms with van der Waals surface area (Å²) in [6.07, 6.45) is 1.53. The molecule has 0 saturated carbocycles. The van der Waals surface area contributed by atoms with Crippen molar-refractivity contribution in [1.29, 1.82) is 0 Å². The summed E-state index contributed by atoms with van der Waals surface area (Å²) in [5.74, 6) is 0.830. The van der Waals surface area contributed by atoms with Crippen molar-refractivity contribution in [3.05, 3.63) is 42.4 Å². The smallest absolute Gasteiger partial charge is 0.128 e. The second-order valence-electron chi connectivity index (χ2n) is 3.53. The predicted molar refractivity (Wildman–Crippen MR) is 66.5 cm³/mol. The SMILES string of the molecule is CCOc1ccccc1-c1cc(CN)ncn1. The lowest BCUT2D eigenvalue weighted by atomic mass is 10.1. The van der Waals surface area contributed by atoms with E-state index in [9.17, 15) is 0 Å². The van der Waals surface area contributed by atoms with Crippen LogP contribution in [0.15, 0.2) is 36.7 Å². The molecule has 2 aromatic rings. The van der Waals surface area contributed by atoms with Crippen molar-refractivity contribution in [2.75, 3.05) is 6.61 Å². The quantitative estimate of drug-likeness (QED) is 0.871. The summed E-state index contributed by atoms with van der Waals surface area (Å²) in [4.78, 5) is 8.34. The number of hydrogen-bond acceptors (Lipinski definition) is 4. The minimum atomic E-state index is 0.409. The number of rotatable bonds is 4. The highest BCUT2D eigenvalue weighted by atomic mass is 16.5. The van der Waals surface area contributed by atoms with Crippen molar-refractivity contribution in [1.82, 2.24) is 9.97 Å². The zero-order valence-electron chi connectivity index (χ0n) is 9.76. The summed E-state index contributed by atoms with van der Waals surface area (Å²) in [6, 6.07) is 9.70. The molecule has 1 aromatic heterocycles. The highest BCUT2D eigenvalue weighted by Gasteiger charge is 2.07. The number of nitrogens with two attached hydrogens (primary N) is 1. The van der Waals surface area contributed by atoms with E-state index < -0.39 is 0 Å². The Morgan fingerprint density at radius 1 is 1.24 bits per heavy atom. The molecule has 0 saturated heterocycles. The third-order valence-corrected chi connectivity index (χ3v) is 2.40. The van der Waals surface area contributed by atoms with Gasteiger partial charge in [0, 0.05) is 12.1 Å². The molecule has 0 aliphatic heterocycles. The van der Waals surface area contributed by atoms with Gasteiger partial charge in [0.1, 0.15) is 12.1 Å². The van der Waals surface area contributed by atoms with Crippen LogP contribution in [0, 0.1) is 0 Å². The second-order valence-corrected chi connectivity index (χ2v) is 3.53. The van der Waals surface area contributed by atoms with Crippen LogP contribution in [0.1, 0.15) is 12.6 Å². The molecule has 88 valence electrons. The van der Waals surface area contributed by atoms with Crippen molar-refractivity contribution in [3.63, 3.8) is 0 Å². The molecule has 0 aliphatic carbocycles. The van der Waals surface area contributed by atoms with Gasteiger partial charge in [0.05, 0.1) is 18.0 Å². The second kappa shape index (κ2) is 5.41. The fourth-order valence-electron chi connectivity index (χ4n) is 1.62. The molecule has 4 nitrogen and oxygen atoms in total. The van der Waals surface area contributed by atoms with Crippen LogP contribution in [0.2, 0.25) is 0 Å². The first-order chi connectivity index (χ1) is 8.35. The van der Waals surface area contributed by atoms with E-state index in [2.05, 4.69) is 9.97 Å². The third-order valence-electron chi connectivity index (χ3n) is 2.40. The van der Waals surface area contributed by atoms with Crippen LogP contribution >= 0.6 is 0 Å². The Morgan fingerprint density at radius 2 is 2.06 bits per heavy atom. The maximum absolute atomic E-state index is 5.57. The summed E-state index contributed by atoms with van der Waals surface area (Å²) >= 11 is 0.